The van der Waals surface area contributed by atoms with Gasteiger partial charge in [0, 0.05) is 44.1 Å². The molecule has 4 rings (SSSR count). The molecule has 2 heterocycles. The lowest BCUT2D eigenvalue weighted by molar-refractivity contribution is -0.139. The number of rotatable bonds is 8. The van der Waals surface area contributed by atoms with Gasteiger partial charge in [-0.3, -0.25) is 14.4 Å². The lowest BCUT2D eigenvalue weighted by atomic mass is 10.1. The summed E-state index contributed by atoms with van der Waals surface area (Å²) in [6, 6.07) is 11.0. The number of carbonyl (C=O) groups is 3. The summed E-state index contributed by atoms with van der Waals surface area (Å²) in [7, 11) is 1.54. The van der Waals surface area contributed by atoms with E-state index in [0.29, 0.717) is 22.9 Å². The molecule has 1 N–H and O–H groups in total. The molecule has 9 nitrogen and oxygen atoms in total. The molecule has 0 saturated carbocycles. The molecule has 0 aliphatic carbocycles. The molecule has 9 heteroatoms. The molecular weight excluding hydrogens is 438 g/mol. The Morgan fingerprint density at radius 3 is 2.76 bits per heavy atom. The molecule has 2 aromatic rings. The van der Waals surface area contributed by atoms with Gasteiger partial charge in [0.25, 0.3) is 0 Å². The van der Waals surface area contributed by atoms with Crippen molar-refractivity contribution in [2.24, 2.45) is 5.92 Å². The molecule has 1 fully saturated rings. The van der Waals surface area contributed by atoms with Gasteiger partial charge in [-0.1, -0.05) is 12.1 Å². The number of hydrogen-bond donors (Lipinski definition) is 1. The van der Waals surface area contributed by atoms with E-state index >= 15 is 0 Å². The van der Waals surface area contributed by atoms with Gasteiger partial charge in [0.15, 0.2) is 11.5 Å². The Balaban J connectivity index is 1.44. The predicted molar refractivity (Wildman–Crippen MR) is 126 cm³/mol. The van der Waals surface area contributed by atoms with Gasteiger partial charge >= 0.3 is 0 Å². The minimum atomic E-state index is -0.553. The Morgan fingerprint density at radius 1 is 1.18 bits per heavy atom. The number of anilines is 2. The van der Waals surface area contributed by atoms with Crippen molar-refractivity contribution >= 4 is 29.1 Å². The molecule has 1 unspecified atom stereocenters. The summed E-state index contributed by atoms with van der Waals surface area (Å²) in [4.78, 5) is 41.9. The molecule has 2 aliphatic rings. The van der Waals surface area contributed by atoms with Crippen LogP contribution in [0.1, 0.15) is 17.5 Å². The highest BCUT2D eigenvalue weighted by atomic mass is 16.7. The summed E-state index contributed by atoms with van der Waals surface area (Å²) >= 11 is 0. The van der Waals surface area contributed by atoms with Crippen LogP contribution in [0.5, 0.6) is 11.5 Å². The van der Waals surface area contributed by atoms with Crippen molar-refractivity contribution < 1.29 is 28.6 Å². The van der Waals surface area contributed by atoms with Gasteiger partial charge in [-0.2, -0.15) is 0 Å². The first-order valence-corrected chi connectivity index (χ1v) is 11.2. The molecule has 3 amide bonds. The van der Waals surface area contributed by atoms with E-state index in [4.69, 9.17) is 14.2 Å². The molecule has 2 aromatic carbocycles. The van der Waals surface area contributed by atoms with E-state index in [1.54, 1.807) is 30.2 Å². The number of methoxy groups -OCH3 is 1. The second kappa shape index (κ2) is 10.1. The molecule has 0 spiro atoms. The van der Waals surface area contributed by atoms with Crippen LogP contribution < -0.4 is 19.7 Å². The molecule has 2 aliphatic heterocycles. The zero-order chi connectivity index (χ0) is 24.2. The highest BCUT2D eigenvalue weighted by molar-refractivity contribution is 6.01. The Morgan fingerprint density at radius 2 is 1.97 bits per heavy atom. The third-order valence-electron chi connectivity index (χ3n) is 6.23. The lowest BCUT2D eigenvalue weighted by Crippen LogP contribution is -2.43. The van der Waals surface area contributed by atoms with Crippen LogP contribution in [0, 0.1) is 19.8 Å². The van der Waals surface area contributed by atoms with Gasteiger partial charge in [-0.15, -0.1) is 0 Å². The molecule has 1 atom stereocenters. The number of ether oxygens (including phenoxy) is 3. The van der Waals surface area contributed by atoms with E-state index < -0.39 is 5.92 Å². The van der Waals surface area contributed by atoms with E-state index in [0.717, 1.165) is 11.1 Å². The standard InChI is InChI=1S/C25H29N3O6/c1-16-5-4-6-20(17(16)2)26-23(29)14-27(9-10-32-3)25(31)18-11-24(30)28(13-18)19-7-8-21-22(12-19)34-15-33-21/h4-8,12,18H,9-11,13-15H2,1-3H3,(H,26,29). The zero-order valence-corrected chi connectivity index (χ0v) is 19.6. The quantitative estimate of drug-likeness (QED) is 0.641. The summed E-state index contributed by atoms with van der Waals surface area (Å²) < 4.78 is 15.9. The van der Waals surface area contributed by atoms with E-state index in [9.17, 15) is 14.4 Å². The first-order chi connectivity index (χ1) is 16.4. The van der Waals surface area contributed by atoms with Crippen LogP contribution in [0.25, 0.3) is 0 Å². The van der Waals surface area contributed by atoms with Crippen LogP contribution in [0.3, 0.4) is 0 Å². The van der Waals surface area contributed by atoms with E-state index in [1.807, 2.05) is 32.0 Å². The summed E-state index contributed by atoms with van der Waals surface area (Å²) in [5.41, 5.74) is 3.42. The van der Waals surface area contributed by atoms with Gasteiger partial charge < -0.3 is 29.3 Å². The van der Waals surface area contributed by atoms with Gasteiger partial charge in [0.2, 0.25) is 24.5 Å². The number of hydrogen-bond acceptors (Lipinski definition) is 6. The predicted octanol–water partition coefficient (Wildman–Crippen LogP) is 2.50. The average molecular weight is 468 g/mol. The Kier molecular flexibility index (Phi) is 7.02. The van der Waals surface area contributed by atoms with Crippen LogP contribution in [0.2, 0.25) is 0 Å². The van der Waals surface area contributed by atoms with Crippen LogP contribution in [0.15, 0.2) is 36.4 Å². The van der Waals surface area contributed by atoms with E-state index in [1.165, 1.54) is 4.90 Å². The van der Waals surface area contributed by atoms with Crippen molar-refractivity contribution in [2.75, 3.05) is 50.4 Å². The average Bonchev–Trinajstić information content (AvgIpc) is 3.45. The maximum absolute atomic E-state index is 13.3. The van der Waals surface area contributed by atoms with Crippen LogP contribution in [-0.2, 0) is 19.1 Å². The maximum atomic E-state index is 13.3. The van der Waals surface area contributed by atoms with Gasteiger partial charge in [0.05, 0.1) is 19.1 Å². The number of carbonyl (C=O) groups excluding carboxylic acids is 3. The fourth-order valence-electron chi connectivity index (χ4n) is 4.15. The van der Waals surface area contributed by atoms with Gasteiger partial charge in [-0.25, -0.2) is 0 Å². The van der Waals surface area contributed by atoms with Gasteiger partial charge in [0.1, 0.15) is 0 Å². The SMILES string of the molecule is COCCN(CC(=O)Nc1cccc(C)c1C)C(=O)C1CC(=O)N(c2ccc3c(c2)OCO3)C1. The van der Waals surface area contributed by atoms with Crippen molar-refractivity contribution in [3.63, 3.8) is 0 Å². The second-order valence-corrected chi connectivity index (χ2v) is 8.49. The minimum Gasteiger partial charge on any atom is -0.454 e. The number of nitrogens with zero attached hydrogens (tertiary/aromatic N) is 2. The second-order valence-electron chi connectivity index (χ2n) is 8.49. The summed E-state index contributed by atoms with van der Waals surface area (Å²) in [6.07, 6.45) is 0.0787. The summed E-state index contributed by atoms with van der Waals surface area (Å²) in [5.74, 6) is -0.0413. The normalized spacial score (nSPS) is 16.6. The van der Waals surface area contributed by atoms with Gasteiger partial charge in [-0.05, 0) is 43.2 Å². The van der Waals surface area contributed by atoms with Crippen molar-refractivity contribution in [3.05, 3.63) is 47.5 Å². The van der Waals surface area contributed by atoms with Crippen LogP contribution in [-0.4, -0.2) is 62.8 Å². The fraction of sp³-hybridized carbons (Fsp3) is 0.400. The molecule has 0 aromatic heterocycles. The number of fused-ring (bicyclic) bond motifs is 1. The zero-order valence-electron chi connectivity index (χ0n) is 19.6. The molecule has 34 heavy (non-hydrogen) atoms. The smallest absolute Gasteiger partial charge is 0.244 e. The molecule has 180 valence electrons. The van der Waals surface area contributed by atoms with E-state index in [-0.39, 0.29) is 57.2 Å². The number of aryl methyl sites for hydroxylation is 1. The van der Waals surface area contributed by atoms with Crippen molar-refractivity contribution in [1.82, 2.24) is 4.90 Å². The Bertz CT molecular complexity index is 1100. The topological polar surface area (TPSA) is 97.4 Å². The van der Waals surface area contributed by atoms with Crippen LogP contribution >= 0.6 is 0 Å². The number of benzene rings is 2. The number of nitrogens with one attached hydrogen (secondary N) is 1. The third kappa shape index (κ3) is 4.99. The first kappa shape index (κ1) is 23.6. The van der Waals surface area contributed by atoms with Crippen LogP contribution in [0.4, 0.5) is 11.4 Å². The first-order valence-electron chi connectivity index (χ1n) is 11.2. The molecule has 1 saturated heterocycles. The molecule has 0 radical (unpaired) electrons. The highest BCUT2D eigenvalue weighted by Crippen LogP contribution is 2.37. The summed E-state index contributed by atoms with van der Waals surface area (Å²) in [5, 5.41) is 2.89. The lowest BCUT2D eigenvalue weighted by Gasteiger charge is -2.25. The van der Waals surface area contributed by atoms with Crippen molar-refractivity contribution in [3.8, 4) is 11.5 Å². The monoisotopic (exact) mass is 467 g/mol. The Labute approximate surface area is 198 Å². The Hall–Kier alpha value is -3.59. The van der Waals surface area contributed by atoms with Crippen molar-refractivity contribution in [2.45, 2.75) is 20.3 Å². The largest absolute Gasteiger partial charge is 0.454 e. The fourth-order valence-corrected chi connectivity index (χ4v) is 4.15. The summed E-state index contributed by atoms with van der Waals surface area (Å²) in [6.45, 7) is 4.71. The third-order valence-corrected chi connectivity index (χ3v) is 6.23. The minimum absolute atomic E-state index is 0.0787. The number of amides is 3. The maximum Gasteiger partial charge on any atom is 0.244 e. The van der Waals surface area contributed by atoms with E-state index in [2.05, 4.69) is 5.32 Å². The highest BCUT2D eigenvalue weighted by Gasteiger charge is 2.38. The molecular formula is C25H29N3O6. The molecule has 0 bridgehead atoms. The van der Waals surface area contributed by atoms with Crippen molar-refractivity contribution in [1.29, 1.82) is 0 Å².